The number of benzene rings is 2. The third kappa shape index (κ3) is 4.47. The number of nitrogens with one attached hydrogen (secondary N) is 2. The lowest BCUT2D eigenvalue weighted by Gasteiger charge is -2.09. The van der Waals surface area contributed by atoms with Crippen LogP contribution in [0.3, 0.4) is 0 Å². The minimum atomic E-state index is -0.936. The first-order valence-corrected chi connectivity index (χ1v) is 7.42. The average molecular weight is 367 g/mol. The number of halogens is 2. The Kier molecular flexibility index (Phi) is 5.78. The van der Waals surface area contributed by atoms with Crippen molar-refractivity contribution in [3.8, 4) is 0 Å². The Hall–Kier alpha value is -2.57. The number of hydrogen-bond acceptors (Lipinski definition) is 4. The molecule has 2 N–H and O–H groups in total. The second-order valence-electron chi connectivity index (χ2n) is 4.60. The Morgan fingerprint density at radius 3 is 2.17 bits per heavy atom. The van der Waals surface area contributed by atoms with Crippen LogP contribution in [-0.4, -0.2) is 24.9 Å². The first-order valence-electron chi connectivity index (χ1n) is 6.66. The van der Waals surface area contributed by atoms with Crippen LogP contribution in [0.25, 0.3) is 0 Å². The van der Waals surface area contributed by atoms with Crippen LogP contribution in [0.1, 0.15) is 10.4 Å². The zero-order valence-corrected chi connectivity index (χ0v) is 13.9. The van der Waals surface area contributed by atoms with Crippen LogP contribution in [0.4, 0.5) is 11.4 Å². The highest BCUT2D eigenvalue weighted by atomic mass is 35.5. The molecule has 2 aromatic carbocycles. The molecule has 0 heterocycles. The molecule has 2 rings (SSSR count). The number of hydrogen-bond donors (Lipinski definition) is 2. The summed E-state index contributed by atoms with van der Waals surface area (Å²) in [7, 11) is 1.23. The largest absolute Gasteiger partial charge is 0.465 e. The number of carbonyl (C=O) groups excluding carboxylic acids is 3. The summed E-state index contributed by atoms with van der Waals surface area (Å²) in [6.07, 6.45) is 0. The van der Waals surface area contributed by atoms with Crippen molar-refractivity contribution in [3.05, 3.63) is 58.1 Å². The summed E-state index contributed by atoms with van der Waals surface area (Å²) in [5, 5.41) is 5.44. The quantitative estimate of drug-likeness (QED) is 0.644. The molecule has 6 nitrogen and oxygen atoms in total. The van der Waals surface area contributed by atoms with Crippen molar-refractivity contribution in [2.24, 2.45) is 0 Å². The van der Waals surface area contributed by atoms with Crippen LogP contribution in [0, 0.1) is 0 Å². The minimum absolute atomic E-state index is 0.121. The molecule has 124 valence electrons. The molecule has 0 bridgehead atoms. The molecule has 0 saturated carbocycles. The summed E-state index contributed by atoms with van der Waals surface area (Å²) in [5.74, 6) is -2.42. The van der Waals surface area contributed by atoms with E-state index in [2.05, 4.69) is 15.4 Å². The van der Waals surface area contributed by atoms with Crippen LogP contribution in [0.2, 0.25) is 10.0 Å². The number of rotatable bonds is 3. The number of ether oxygens (including phenoxy) is 1. The van der Waals surface area contributed by atoms with E-state index in [1.165, 1.54) is 25.3 Å². The number of anilines is 2. The van der Waals surface area contributed by atoms with Gasteiger partial charge in [0, 0.05) is 10.7 Å². The topological polar surface area (TPSA) is 84.5 Å². The predicted molar refractivity (Wildman–Crippen MR) is 91.5 cm³/mol. The Balaban J connectivity index is 2.09. The Morgan fingerprint density at radius 2 is 1.54 bits per heavy atom. The van der Waals surface area contributed by atoms with Crippen LogP contribution in [-0.2, 0) is 14.3 Å². The van der Waals surface area contributed by atoms with Gasteiger partial charge in [0.05, 0.1) is 23.4 Å². The molecule has 2 aromatic rings. The summed E-state index contributed by atoms with van der Waals surface area (Å²) in [4.78, 5) is 35.4. The smallest absolute Gasteiger partial charge is 0.337 e. The highest BCUT2D eigenvalue weighted by Crippen LogP contribution is 2.23. The molecule has 0 saturated heterocycles. The SMILES string of the molecule is COC(=O)c1ccc(Cl)c(NC(=O)C(=O)Nc2ccc(Cl)cc2)c1. The van der Waals surface area contributed by atoms with Crippen LogP contribution in [0.5, 0.6) is 0 Å². The molecule has 0 aliphatic heterocycles. The van der Waals surface area contributed by atoms with E-state index in [0.717, 1.165) is 0 Å². The molecule has 0 atom stereocenters. The van der Waals surface area contributed by atoms with Gasteiger partial charge in [0.25, 0.3) is 0 Å². The standard InChI is InChI=1S/C16H12Cl2N2O4/c1-24-16(23)9-2-7-12(18)13(8-9)20-15(22)14(21)19-11-5-3-10(17)4-6-11/h2-8H,1H3,(H,19,21)(H,20,22). The van der Waals surface area contributed by atoms with Gasteiger partial charge in [-0.2, -0.15) is 0 Å². The average Bonchev–Trinajstić information content (AvgIpc) is 2.58. The highest BCUT2D eigenvalue weighted by molar-refractivity contribution is 6.45. The zero-order valence-electron chi connectivity index (χ0n) is 12.4. The maximum absolute atomic E-state index is 12.0. The normalized spacial score (nSPS) is 9.96. The van der Waals surface area contributed by atoms with Crippen molar-refractivity contribution < 1.29 is 19.1 Å². The highest BCUT2D eigenvalue weighted by Gasteiger charge is 2.17. The van der Waals surface area contributed by atoms with Crippen molar-refractivity contribution in [2.45, 2.75) is 0 Å². The van der Waals surface area contributed by atoms with E-state index >= 15 is 0 Å². The number of esters is 1. The maximum Gasteiger partial charge on any atom is 0.337 e. The number of methoxy groups -OCH3 is 1. The molecule has 2 amide bonds. The van der Waals surface area contributed by atoms with Crippen molar-refractivity contribution >= 4 is 52.4 Å². The fourth-order valence-corrected chi connectivity index (χ4v) is 2.06. The molecule has 0 fully saturated rings. The van der Waals surface area contributed by atoms with E-state index < -0.39 is 17.8 Å². The van der Waals surface area contributed by atoms with E-state index in [4.69, 9.17) is 23.2 Å². The van der Waals surface area contributed by atoms with Gasteiger partial charge in [0.2, 0.25) is 0 Å². The van der Waals surface area contributed by atoms with E-state index in [0.29, 0.717) is 10.7 Å². The van der Waals surface area contributed by atoms with Gasteiger partial charge in [-0.15, -0.1) is 0 Å². The molecular weight excluding hydrogens is 355 g/mol. The fraction of sp³-hybridized carbons (Fsp3) is 0.0625. The molecule has 8 heteroatoms. The van der Waals surface area contributed by atoms with Gasteiger partial charge in [0.1, 0.15) is 0 Å². The number of amides is 2. The molecule has 24 heavy (non-hydrogen) atoms. The number of carbonyl (C=O) groups is 3. The molecule has 0 radical (unpaired) electrons. The Morgan fingerprint density at radius 1 is 0.917 bits per heavy atom. The summed E-state index contributed by atoms with van der Waals surface area (Å²) in [6.45, 7) is 0. The van der Waals surface area contributed by atoms with Gasteiger partial charge in [-0.05, 0) is 42.5 Å². The summed E-state index contributed by atoms with van der Waals surface area (Å²) in [6, 6.07) is 10.4. The van der Waals surface area contributed by atoms with Gasteiger partial charge >= 0.3 is 17.8 Å². The van der Waals surface area contributed by atoms with Gasteiger partial charge < -0.3 is 15.4 Å². The third-order valence-corrected chi connectivity index (χ3v) is 3.53. The van der Waals surface area contributed by atoms with Crippen LogP contribution < -0.4 is 10.6 Å². The predicted octanol–water partition coefficient (Wildman–Crippen LogP) is 3.36. The van der Waals surface area contributed by atoms with Gasteiger partial charge in [-0.3, -0.25) is 9.59 Å². The fourth-order valence-electron chi connectivity index (χ4n) is 1.77. The summed E-state index contributed by atoms with van der Waals surface area (Å²) < 4.78 is 4.59. The van der Waals surface area contributed by atoms with E-state index in [9.17, 15) is 14.4 Å². The summed E-state index contributed by atoms with van der Waals surface area (Å²) in [5.41, 5.74) is 0.722. The van der Waals surface area contributed by atoms with E-state index in [-0.39, 0.29) is 16.3 Å². The Labute approximate surface area is 147 Å². The third-order valence-electron chi connectivity index (χ3n) is 2.94. The minimum Gasteiger partial charge on any atom is -0.465 e. The monoisotopic (exact) mass is 366 g/mol. The van der Waals surface area contributed by atoms with Crippen molar-refractivity contribution in [1.82, 2.24) is 0 Å². The second kappa shape index (κ2) is 7.81. The van der Waals surface area contributed by atoms with Crippen molar-refractivity contribution in [1.29, 1.82) is 0 Å². The van der Waals surface area contributed by atoms with Crippen molar-refractivity contribution in [3.63, 3.8) is 0 Å². The van der Waals surface area contributed by atoms with Crippen LogP contribution >= 0.6 is 23.2 Å². The molecule has 0 spiro atoms. The lowest BCUT2D eigenvalue weighted by molar-refractivity contribution is -0.132. The van der Waals surface area contributed by atoms with Crippen molar-refractivity contribution in [2.75, 3.05) is 17.7 Å². The summed E-state index contributed by atoms with van der Waals surface area (Å²) >= 11 is 11.7. The Bertz CT molecular complexity index is 791. The van der Waals surface area contributed by atoms with E-state index in [1.807, 2.05) is 0 Å². The molecule has 0 aromatic heterocycles. The van der Waals surface area contributed by atoms with E-state index in [1.54, 1.807) is 24.3 Å². The zero-order chi connectivity index (χ0) is 17.7. The first-order chi connectivity index (χ1) is 11.4. The van der Waals surface area contributed by atoms with Gasteiger partial charge in [-0.25, -0.2) is 4.79 Å². The van der Waals surface area contributed by atoms with Gasteiger partial charge in [0.15, 0.2) is 0 Å². The van der Waals surface area contributed by atoms with Crippen LogP contribution in [0.15, 0.2) is 42.5 Å². The molecule has 0 aliphatic carbocycles. The molecule has 0 aliphatic rings. The van der Waals surface area contributed by atoms with Gasteiger partial charge in [-0.1, -0.05) is 23.2 Å². The second-order valence-corrected chi connectivity index (χ2v) is 5.44. The molecular formula is C16H12Cl2N2O4. The molecule has 0 unspecified atom stereocenters. The maximum atomic E-state index is 12.0. The lowest BCUT2D eigenvalue weighted by atomic mass is 10.2. The first kappa shape index (κ1) is 17.8. The lowest BCUT2D eigenvalue weighted by Crippen LogP contribution is -2.29.